The molecule has 0 atom stereocenters. The Morgan fingerprint density at radius 1 is 1.08 bits per heavy atom. The molecule has 1 saturated carbocycles. The largest absolute Gasteiger partial charge is 0.390 e. The molecule has 1 N–H and O–H groups in total. The molecule has 1 nitrogen and oxygen atoms in total. The average Bonchev–Trinajstić information content (AvgIpc) is 1.83. The molecule has 1 rings (SSSR count). The first-order valence-corrected chi connectivity index (χ1v) is 5.26. The van der Waals surface area contributed by atoms with Gasteiger partial charge in [0.25, 0.3) is 0 Å². The summed E-state index contributed by atoms with van der Waals surface area (Å²) in [5.41, 5.74) is 0.164. The Morgan fingerprint density at radius 3 is 1.75 bits per heavy atom. The van der Waals surface area contributed by atoms with Crippen LogP contribution in [0.2, 0.25) is 0 Å². The van der Waals surface area contributed by atoms with Crippen LogP contribution in [0.25, 0.3) is 0 Å². The van der Waals surface area contributed by atoms with E-state index in [4.69, 9.17) is 0 Å². The van der Waals surface area contributed by atoms with Crippen LogP contribution in [0.15, 0.2) is 0 Å². The van der Waals surface area contributed by atoms with Crippen molar-refractivity contribution in [2.75, 3.05) is 0 Å². The number of aliphatic hydroxyl groups is 1. The lowest BCUT2D eigenvalue weighted by atomic mass is 9.56. The molecule has 0 aromatic rings. The van der Waals surface area contributed by atoms with Crippen LogP contribution >= 0.6 is 0 Å². The molecule has 0 saturated heterocycles. The maximum atomic E-state index is 9.70. The first-order valence-electron chi connectivity index (χ1n) is 5.26. The van der Waals surface area contributed by atoms with Crippen LogP contribution in [0.4, 0.5) is 0 Å². The Morgan fingerprint density at radius 2 is 1.50 bits per heavy atom. The van der Waals surface area contributed by atoms with Crippen molar-refractivity contribution in [2.24, 2.45) is 5.41 Å². The molecular formula is C11H22O. The molecular weight excluding hydrogens is 148 g/mol. The van der Waals surface area contributed by atoms with Crippen molar-refractivity contribution in [3.05, 3.63) is 0 Å². The van der Waals surface area contributed by atoms with Crippen LogP contribution in [0.5, 0.6) is 0 Å². The fourth-order valence-corrected chi connectivity index (χ4v) is 3.10. The maximum absolute atomic E-state index is 9.70. The molecule has 1 aliphatic carbocycles. The zero-order chi connectivity index (χ0) is 9.24. The van der Waals surface area contributed by atoms with Gasteiger partial charge in [0, 0.05) is 0 Å². The molecule has 0 amide bonds. The highest BCUT2D eigenvalue weighted by atomic mass is 16.3. The molecule has 0 bridgehead atoms. The molecule has 0 unspecified atom stereocenters. The number of hydrogen-bond donors (Lipinski definition) is 1. The van der Waals surface area contributed by atoms with Gasteiger partial charge in [-0.15, -0.1) is 0 Å². The minimum atomic E-state index is -0.343. The summed E-state index contributed by atoms with van der Waals surface area (Å²) in [6.07, 6.45) is 7.18. The molecule has 12 heavy (non-hydrogen) atoms. The second-order valence-electron chi connectivity index (χ2n) is 4.85. The van der Waals surface area contributed by atoms with E-state index in [0.29, 0.717) is 5.41 Å². The predicted octanol–water partition coefficient (Wildman–Crippen LogP) is 3.12. The highest BCUT2D eigenvalue weighted by molar-refractivity contribution is 5.00. The van der Waals surface area contributed by atoms with Crippen molar-refractivity contribution in [3.8, 4) is 0 Å². The van der Waals surface area contributed by atoms with Crippen molar-refractivity contribution >= 4 is 0 Å². The quantitative estimate of drug-likeness (QED) is 0.687. The van der Waals surface area contributed by atoms with Gasteiger partial charge >= 0.3 is 0 Å². The molecule has 0 aliphatic heterocycles. The minimum absolute atomic E-state index is 0.343. The second-order valence-corrected chi connectivity index (χ2v) is 4.85. The number of rotatable bonds is 4. The third-order valence-corrected chi connectivity index (χ3v) is 3.07. The maximum Gasteiger partial charge on any atom is 0.0630 e. The summed E-state index contributed by atoms with van der Waals surface area (Å²) in [6, 6.07) is 0. The summed E-state index contributed by atoms with van der Waals surface area (Å²) in [5.74, 6) is 0. The summed E-state index contributed by atoms with van der Waals surface area (Å²) >= 11 is 0. The van der Waals surface area contributed by atoms with Crippen molar-refractivity contribution < 1.29 is 5.11 Å². The predicted molar refractivity (Wildman–Crippen MR) is 52.1 cm³/mol. The van der Waals surface area contributed by atoms with Crippen molar-refractivity contribution in [1.29, 1.82) is 0 Å². The SMILES string of the molecule is CCCC1(CCC)CC(C)(O)C1. The molecule has 0 heterocycles. The summed E-state index contributed by atoms with van der Waals surface area (Å²) in [7, 11) is 0. The molecule has 0 spiro atoms. The van der Waals surface area contributed by atoms with Gasteiger partial charge < -0.3 is 5.11 Å². The van der Waals surface area contributed by atoms with Crippen LogP contribution in [0.3, 0.4) is 0 Å². The Hall–Kier alpha value is -0.0400. The van der Waals surface area contributed by atoms with Crippen LogP contribution < -0.4 is 0 Å². The second kappa shape index (κ2) is 3.37. The average molecular weight is 170 g/mol. The van der Waals surface area contributed by atoms with Gasteiger partial charge in [0.15, 0.2) is 0 Å². The summed E-state index contributed by atoms with van der Waals surface area (Å²) in [4.78, 5) is 0. The fourth-order valence-electron chi connectivity index (χ4n) is 3.10. The van der Waals surface area contributed by atoms with Gasteiger partial charge in [-0.3, -0.25) is 0 Å². The molecule has 1 aliphatic rings. The van der Waals surface area contributed by atoms with E-state index in [1.165, 1.54) is 25.7 Å². The third kappa shape index (κ3) is 2.01. The minimum Gasteiger partial charge on any atom is -0.390 e. The van der Waals surface area contributed by atoms with Crippen LogP contribution in [-0.4, -0.2) is 10.7 Å². The fraction of sp³-hybridized carbons (Fsp3) is 1.00. The van der Waals surface area contributed by atoms with Crippen LogP contribution in [-0.2, 0) is 0 Å². The van der Waals surface area contributed by atoms with Crippen molar-refractivity contribution in [1.82, 2.24) is 0 Å². The smallest absolute Gasteiger partial charge is 0.0630 e. The highest BCUT2D eigenvalue weighted by Gasteiger charge is 2.49. The van der Waals surface area contributed by atoms with E-state index in [1.807, 2.05) is 6.92 Å². The van der Waals surface area contributed by atoms with E-state index in [0.717, 1.165) is 12.8 Å². The zero-order valence-electron chi connectivity index (χ0n) is 8.69. The molecule has 1 fully saturated rings. The highest BCUT2D eigenvalue weighted by Crippen LogP contribution is 2.54. The van der Waals surface area contributed by atoms with Crippen molar-refractivity contribution in [2.45, 2.75) is 64.9 Å². The molecule has 1 heteroatoms. The molecule has 0 aromatic heterocycles. The molecule has 72 valence electrons. The van der Waals surface area contributed by atoms with Gasteiger partial charge in [-0.2, -0.15) is 0 Å². The van der Waals surface area contributed by atoms with E-state index < -0.39 is 0 Å². The number of hydrogen-bond acceptors (Lipinski definition) is 1. The first kappa shape index (κ1) is 10.0. The molecule has 0 radical (unpaired) electrons. The van der Waals surface area contributed by atoms with E-state index in [9.17, 15) is 5.11 Å². The monoisotopic (exact) mass is 170 g/mol. The standard InChI is InChI=1S/C11H22O/c1-4-6-11(7-5-2)8-10(3,12)9-11/h12H,4-9H2,1-3H3. The van der Waals surface area contributed by atoms with E-state index >= 15 is 0 Å². The topological polar surface area (TPSA) is 20.2 Å². The van der Waals surface area contributed by atoms with E-state index in [-0.39, 0.29) is 5.60 Å². The van der Waals surface area contributed by atoms with Gasteiger partial charge in [-0.25, -0.2) is 0 Å². The van der Waals surface area contributed by atoms with Gasteiger partial charge in [-0.1, -0.05) is 26.7 Å². The van der Waals surface area contributed by atoms with E-state index in [1.54, 1.807) is 0 Å². The van der Waals surface area contributed by atoms with E-state index in [2.05, 4.69) is 13.8 Å². The van der Waals surface area contributed by atoms with Crippen LogP contribution in [0, 0.1) is 5.41 Å². The normalized spacial score (nSPS) is 25.0. The Labute approximate surface area is 76.2 Å². The third-order valence-electron chi connectivity index (χ3n) is 3.07. The Balaban J connectivity index is 2.43. The Bertz CT molecular complexity index is 133. The lowest BCUT2D eigenvalue weighted by Crippen LogP contribution is -2.49. The van der Waals surface area contributed by atoms with Crippen molar-refractivity contribution in [3.63, 3.8) is 0 Å². The lowest BCUT2D eigenvalue weighted by Gasteiger charge is -2.52. The van der Waals surface area contributed by atoms with Gasteiger partial charge in [0.05, 0.1) is 5.60 Å². The summed E-state index contributed by atoms with van der Waals surface area (Å²) in [5, 5.41) is 9.70. The molecule has 0 aromatic carbocycles. The van der Waals surface area contributed by atoms with Gasteiger partial charge in [-0.05, 0) is 38.0 Å². The lowest BCUT2D eigenvalue weighted by molar-refractivity contribution is -0.123. The Kier molecular flexibility index (Phi) is 2.82. The van der Waals surface area contributed by atoms with Gasteiger partial charge in [0.2, 0.25) is 0 Å². The first-order chi connectivity index (χ1) is 5.54. The zero-order valence-corrected chi connectivity index (χ0v) is 8.69. The summed E-state index contributed by atoms with van der Waals surface area (Å²) in [6.45, 7) is 6.45. The van der Waals surface area contributed by atoms with Gasteiger partial charge in [0.1, 0.15) is 0 Å². The summed E-state index contributed by atoms with van der Waals surface area (Å²) < 4.78 is 0. The van der Waals surface area contributed by atoms with Crippen LogP contribution in [0.1, 0.15) is 59.3 Å².